The van der Waals surface area contributed by atoms with Gasteiger partial charge in [-0.3, -0.25) is 0 Å². The molecule has 0 radical (unpaired) electrons. The molecule has 1 aromatic heterocycles. The Hall–Kier alpha value is -1.14. The van der Waals surface area contributed by atoms with Gasteiger partial charge < -0.3 is 15.0 Å². The van der Waals surface area contributed by atoms with Crippen LogP contribution >= 0.6 is 23.6 Å². The lowest BCUT2D eigenvalue weighted by molar-refractivity contribution is 0.0601. The summed E-state index contributed by atoms with van der Waals surface area (Å²) >= 11 is 7.31. The Morgan fingerprint density at radius 1 is 1.29 bits per heavy atom. The third-order valence-electron chi connectivity index (χ3n) is 4.98. The summed E-state index contributed by atoms with van der Waals surface area (Å²) in [4.78, 5) is 15.9. The van der Waals surface area contributed by atoms with Gasteiger partial charge in [0, 0.05) is 18.0 Å². The predicted octanol–water partition coefficient (Wildman–Crippen LogP) is 4.23. The summed E-state index contributed by atoms with van der Waals surface area (Å²) in [6.07, 6.45) is 8.02. The zero-order valence-electron chi connectivity index (χ0n) is 14.5. The molecule has 2 aliphatic rings. The van der Waals surface area contributed by atoms with Gasteiger partial charge in [0.05, 0.1) is 12.7 Å². The molecule has 132 valence electrons. The van der Waals surface area contributed by atoms with E-state index in [9.17, 15) is 4.79 Å². The van der Waals surface area contributed by atoms with Crippen molar-refractivity contribution in [2.45, 2.75) is 51.9 Å². The zero-order valence-corrected chi connectivity index (χ0v) is 16.2. The van der Waals surface area contributed by atoms with Gasteiger partial charge in [-0.25, -0.2) is 4.79 Å². The van der Waals surface area contributed by atoms with Crippen LogP contribution in [0.15, 0.2) is 0 Å². The number of rotatable bonds is 2. The molecule has 4 nitrogen and oxygen atoms in total. The minimum atomic E-state index is -0.244. The highest BCUT2D eigenvalue weighted by Gasteiger charge is 2.27. The Kier molecular flexibility index (Phi) is 5.76. The van der Waals surface area contributed by atoms with Crippen molar-refractivity contribution in [2.24, 2.45) is 5.92 Å². The lowest BCUT2D eigenvalue weighted by Gasteiger charge is -2.33. The van der Waals surface area contributed by atoms with E-state index in [1.807, 2.05) is 0 Å². The normalized spacial score (nSPS) is 20.9. The standard InChI is InChI=1S/C18H26N2O2S2/c1-12-7-6-10-20(11-12)18(23)19-16-15(17(21)22-2)13-8-4-3-5-9-14(13)24-16/h12H,3-11H2,1-2H3,(H,19,23). The van der Waals surface area contributed by atoms with Crippen molar-refractivity contribution in [3.63, 3.8) is 0 Å². The minimum absolute atomic E-state index is 0.244. The minimum Gasteiger partial charge on any atom is -0.465 e. The Balaban J connectivity index is 1.84. The Labute approximate surface area is 153 Å². The SMILES string of the molecule is COC(=O)c1c(NC(=S)N2CCCC(C)C2)sc2c1CCCCC2. The number of thiophene rings is 1. The molecule has 0 amide bonds. The number of esters is 1. The van der Waals surface area contributed by atoms with Gasteiger partial charge in [0.15, 0.2) is 5.11 Å². The first-order valence-electron chi connectivity index (χ1n) is 8.89. The number of nitrogens with one attached hydrogen (secondary N) is 1. The molecule has 0 spiro atoms. The molecule has 0 saturated carbocycles. The number of ether oxygens (including phenoxy) is 1. The fourth-order valence-electron chi connectivity index (χ4n) is 3.70. The van der Waals surface area contributed by atoms with Crippen LogP contribution in [0.3, 0.4) is 0 Å². The highest BCUT2D eigenvalue weighted by molar-refractivity contribution is 7.80. The molecule has 1 aliphatic carbocycles. The fraction of sp³-hybridized carbons (Fsp3) is 0.667. The van der Waals surface area contributed by atoms with Crippen molar-refractivity contribution in [1.82, 2.24) is 4.90 Å². The van der Waals surface area contributed by atoms with Gasteiger partial charge in [0.1, 0.15) is 5.00 Å². The second-order valence-electron chi connectivity index (χ2n) is 6.88. The number of likely N-dealkylation sites (tertiary alicyclic amines) is 1. The molecule has 1 saturated heterocycles. The molecule has 3 rings (SSSR count). The van der Waals surface area contributed by atoms with Crippen molar-refractivity contribution in [1.29, 1.82) is 0 Å². The highest BCUT2D eigenvalue weighted by atomic mass is 32.1. The second kappa shape index (κ2) is 7.83. The van der Waals surface area contributed by atoms with Crippen LogP contribution in [0.2, 0.25) is 0 Å². The molecule has 6 heteroatoms. The van der Waals surface area contributed by atoms with Gasteiger partial charge in [-0.05, 0) is 62.2 Å². The fourth-order valence-corrected chi connectivity index (χ4v) is 5.31. The summed E-state index contributed by atoms with van der Waals surface area (Å²) < 4.78 is 5.06. The Bertz CT molecular complexity index is 627. The van der Waals surface area contributed by atoms with E-state index >= 15 is 0 Å². The van der Waals surface area contributed by atoms with E-state index in [2.05, 4.69) is 17.1 Å². The Morgan fingerprint density at radius 3 is 2.83 bits per heavy atom. The van der Waals surface area contributed by atoms with E-state index in [1.165, 1.54) is 43.2 Å². The number of carbonyl (C=O) groups is 1. The quantitative estimate of drug-likeness (QED) is 0.482. The smallest absolute Gasteiger partial charge is 0.341 e. The van der Waals surface area contributed by atoms with Crippen molar-refractivity contribution < 1.29 is 9.53 Å². The van der Waals surface area contributed by atoms with Crippen LogP contribution in [0.1, 0.15) is 59.8 Å². The number of hydrogen-bond donors (Lipinski definition) is 1. The first-order chi connectivity index (χ1) is 11.6. The topological polar surface area (TPSA) is 41.6 Å². The van der Waals surface area contributed by atoms with Crippen LogP contribution in [0.25, 0.3) is 0 Å². The Morgan fingerprint density at radius 2 is 2.08 bits per heavy atom. The largest absolute Gasteiger partial charge is 0.465 e. The summed E-state index contributed by atoms with van der Waals surface area (Å²) in [7, 11) is 1.46. The van der Waals surface area contributed by atoms with Crippen molar-refractivity contribution in [3.05, 3.63) is 16.0 Å². The number of piperidine rings is 1. The van der Waals surface area contributed by atoms with E-state index in [4.69, 9.17) is 17.0 Å². The third kappa shape index (κ3) is 3.75. The summed E-state index contributed by atoms with van der Waals surface area (Å²) in [6, 6.07) is 0. The van der Waals surface area contributed by atoms with Gasteiger partial charge in [-0.1, -0.05) is 13.3 Å². The lowest BCUT2D eigenvalue weighted by Crippen LogP contribution is -2.41. The summed E-state index contributed by atoms with van der Waals surface area (Å²) in [6.45, 7) is 4.25. The summed E-state index contributed by atoms with van der Waals surface area (Å²) in [5.74, 6) is 0.422. The van der Waals surface area contributed by atoms with Gasteiger partial charge >= 0.3 is 5.97 Å². The summed E-state index contributed by atoms with van der Waals surface area (Å²) in [5, 5.41) is 4.98. The van der Waals surface area contributed by atoms with Crippen LogP contribution in [-0.2, 0) is 17.6 Å². The number of anilines is 1. The predicted molar refractivity (Wildman–Crippen MR) is 103 cm³/mol. The monoisotopic (exact) mass is 366 g/mol. The van der Waals surface area contributed by atoms with E-state index in [0.29, 0.717) is 11.5 Å². The molecule has 0 aromatic carbocycles. The molecule has 1 fully saturated rings. The lowest BCUT2D eigenvalue weighted by atomic mass is 10.0. The average molecular weight is 367 g/mol. The molecule has 1 N–H and O–H groups in total. The number of thiocarbonyl (C=S) groups is 1. The van der Waals surface area contributed by atoms with Gasteiger partial charge in [-0.2, -0.15) is 0 Å². The van der Waals surface area contributed by atoms with Crippen molar-refractivity contribution in [2.75, 3.05) is 25.5 Å². The highest BCUT2D eigenvalue weighted by Crippen LogP contribution is 2.38. The molecule has 24 heavy (non-hydrogen) atoms. The molecular weight excluding hydrogens is 340 g/mol. The third-order valence-corrected chi connectivity index (χ3v) is 6.54. The van der Waals surface area contributed by atoms with Gasteiger partial charge in [-0.15, -0.1) is 11.3 Å². The molecule has 1 atom stereocenters. The van der Waals surface area contributed by atoms with E-state index < -0.39 is 0 Å². The van der Waals surface area contributed by atoms with Crippen molar-refractivity contribution >= 4 is 39.6 Å². The number of methoxy groups -OCH3 is 1. The molecule has 1 aromatic rings. The molecule has 2 heterocycles. The van der Waals surface area contributed by atoms with Crippen LogP contribution in [0.4, 0.5) is 5.00 Å². The molecule has 1 aliphatic heterocycles. The van der Waals surface area contributed by atoms with Crippen molar-refractivity contribution in [3.8, 4) is 0 Å². The number of nitrogens with zero attached hydrogens (tertiary/aromatic N) is 1. The number of aryl methyl sites for hydroxylation is 1. The van der Waals surface area contributed by atoms with Crippen LogP contribution in [0, 0.1) is 5.92 Å². The second-order valence-corrected chi connectivity index (χ2v) is 8.38. The van der Waals surface area contributed by atoms with Crippen LogP contribution in [-0.4, -0.2) is 36.2 Å². The van der Waals surface area contributed by atoms with Crippen LogP contribution < -0.4 is 5.32 Å². The maximum atomic E-state index is 12.4. The van der Waals surface area contributed by atoms with E-state index in [1.54, 1.807) is 11.3 Å². The van der Waals surface area contributed by atoms with E-state index in [0.717, 1.165) is 42.5 Å². The molecule has 0 bridgehead atoms. The average Bonchev–Trinajstić information content (AvgIpc) is 2.75. The van der Waals surface area contributed by atoms with Gasteiger partial charge in [0.2, 0.25) is 0 Å². The molecule has 1 unspecified atom stereocenters. The van der Waals surface area contributed by atoms with Crippen LogP contribution in [0.5, 0.6) is 0 Å². The van der Waals surface area contributed by atoms with E-state index in [-0.39, 0.29) is 5.97 Å². The number of carbonyl (C=O) groups excluding carboxylic acids is 1. The first kappa shape index (κ1) is 17.7. The summed E-state index contributed by atoms with van der Waals surface area (Å²) in [5.41, 5.74) is 1.90. The molecular formula is C18H26N2O2S2. The first-order valence-corrected chi connectivity index (χ1v) is 10.1. The maximum Gasteiger partial charge on any atom is 0.341 e. The zero-order chi connectivity index (χ0) is 17.1. The number of fused-ring (bicyclic) bond motifs is 1. The van der Waals surface area contributed by atoms with Gasteiger partial charge in [0.25, 0.3) is 0 Å². The maximum absolute atomic E-state index is 12.4. The number of hydrogen-bond acceptors (Lipinski definition) is 4.